The second-order valence-corrected chi connectivity index (χ2v) is 5.38. The van der Waals surface area contributed by atoms with Gasteiger partial charge in [0.1, 0.15) is 0 Å². The van der Waals surface area contributed by atoms with Gasteiger partial charge in [0.25, 0.3) is 0 Å². The molecule has 2 saturated heterocycles. The van der Waals surface area contributed by atoms with E-state index in [2.05, 4.69) is 5.32 Å². The van der Waals surface area contributed by atoms with Crippen LogP contribution in [-0.4, -0.2) is 60.3 Å². The maximum Gasteiger partial charge on any atom is 0.308 e. The molecule has 6 nitrogen and oxygen atoms in total. The number of likely N-dealkylation sites (tertiary alicyclic amines) is 1. The van der Waals surface area contributed by atoms with Crippen LogP contribution in [0.5, 0.6) is 0 Å². The summed E-state index contributed by atoms with van der Waals surface area (Å²) in [5.41, 5.74) is 0. The molecule has 0 aromatic heterocycles. The van der Waals surface area contributed by atoms with Crippen molar-refractivity contribution in [3.8, 4) is 0 Å². The van der Waals surface area contributed by atoms with Crippen molar-refractivity contribution in [1.29, 1.82) is 0 Å². The molecule has 0 radical (unpaired) electrons. The summed E-state index contributed by atoms with van der Waals surface area (Å²) in [5, 5.41) is 11.9. The molecular formula is C13H22N2O4. The van der Waals surface area contributed by atoms with Crippen LogP contribution in [0.1, 0.15) is 26.2 Å². The molecule has 0 aromatic carbocycles. The lowest BCUT2D eigenvalue weighted by Crippen LogP contribution is -2.42. The molecule has 2 fully saturated rings. The van der Waals surface area contributed by atoms with Gasteiger partial charge in [0, 0.05) is 19.2 Å². The number of hydrogen-bond acceptors (Lipinski definition) is 4. The highest BCUT2D eigenvalue weighted by Gasteiger charge is 2.36. The van der Waals surface area contributed by atoms with Gasteiger partial charge in [-0.15, -0.1) is 0 Å². The highest BCUT2D eigenvalue weighted by atomic mass is 16.5. The minimum Gasteiger partial charge on any atom is -0.481 e. The summed E-state index contributed by atoms with van der Waals surface area (Å²) in [4.78, 5) is 24.8. The average molecular weight is 270 g/mol. The van der Waals surface area contributed by atoms with Gasteiger partial charge >= 0.3 is 5.97 Å². The summed E-state index contributed by atoms with van der Waals surface area (Å²) in [6.45, 7) is 4.16. The van der Waals surface area contributed by atoms with E-state index >= 15 is 0 Å². The molecule has 0 aliphatic carbocycles. The Labute approximate surface area is 113 Å². The van der Waals surface area contributed by atoms with E-state index in [0.29, 0.717) is 19.5 Å². The molecule has 3 unspecified atom stereocenters. The summed E-state index contributed by atoms with van der Waals surface area (Å²) in [7, 11) is 0. The van der Waals surface area contributed by atoms with Gasteiger partial charge < -0.3 is 15.2 Å². The second-order valence-electron chi connectivity index (χ2n) is 5.38. The van der Waals surface area contributed by atoms with Crippen LogP contribution in [-0.2, 0) is 14.3 Å². The van der Waals surface area contributed by atoms with Crippen LogP contribution in [0.2, 0.25) is 0 Å². The summed E-state index contributed by atoms with van der Waals surface area (Å²) in [6, 6.07) is -0.0778. The molecule has 0 spiro atoms. The molecule has 2 rings (SSSR count). The van der Waals surface area contributed by atoms with Crippen LogP contribution >= 0.6 is 0 Å². The Balaban J connectivity index is 1.71. The first-order chi connectivity index (χ1) is 9.08. The molecule has 0 aromatic rings. The first-order valence-electron chi connectivity index (χ1n) is 6.93. The summed E-state index contributed by atoms with van der Waals surface area (Å²) in [5.74, 6) is -1.17. The Morgan fingerprint density at radius 2 is 2.21 bits per heavy atom. The first-order valence-corrected chi connectivity index (χ1v) is 6.93. The predicted octanol–water partition coefficient (Wildman–Crippen LogP) is 0.0766. The second kappa shape index (κ2) is 6.34. The number of nitrogens with one attached hydrogen (secondary N) is 1. The van der Waals surface area contributed by atoms with Gasteiger partial charge in [-0.25, -0.2) is 0 Å². The fourth-order valence-electron chi connectivity index (χ4n) is 2.83. The van der Waals surface area contributed by atoms with Crippen LogP contribution in [0.25, 0.3) is 0 Å². The van der Waals surface area contributed by atoms with Gasteiger partial charge in [-0.2, -0.15) is 0 Å². The van der Waals surface area contributed by atoms with Gasteiger partial charge in [-0.1, -0.05) is 0 Å². The number of aliphatic carboxylic acids is 1. The zero-order valence-electron chi connectivity index (χ0n) is 11.3. The molecule has 2 N–H and O–H groups in total. The van der Waals surface area contributed by atoms with Crippen LogP contribution in [0.4, 0.5) is 0 Å². The molecular weight excluding hydrogens is 248 g/mol. The van der Waals surface area contributed by atoms with E-state index in [-0.39, 0.29) is 30.5 Å². The van der Waals surface area contributed by atoms with Gasteiger partial charge in [0.15, 0.2) is 0 Å². The topological polar surface area (TPSA) is 78.9 Å². The number of carboxylic acid groups (broad SMARTS) is 1. The summed E-state index contributed by atoms with van der Waals surface area (Å²) < 4.78 is 5.44. The first kappa shape index (κ1) is 14.3. The Morgan fingerprint density at radius 3 is 2.79 bits per heavy atom. The zero-order chi connectivity index (χ0) is 13.8. The van der Waals surface area contributed by atoms with E-state index in [9.17, 15) is 9.59 Å². The minimum absolute atomic E-state index is 0.0478. The number of rotatable bonds is 5. The van der Waals surface area contributed by atoms with Crippen molar-refractivity contribution in [3.63, 3.8) is 0 Å². The Kier molecular flexibility index (Phi) is 4.76. The molecule has 0 bridgehead atoms. The largest absolute Gasteiger partial charge is 0.481 e. The number of nitrogens with zero attached hydrogens (tertiary/aromatic N) is 1. The van der Waals surface area contributed by atoms with Crippen LogP contribution in [0, 0.1) is 5.92 Å². The molecule has 0 saturated carbocycles. The normalized spacial score (nSPS) is 31.5. The summed E-state index contributed by atoms with van der Waals surface area (Å²) in [6.07, 6.45) is 2.83. The third kappa shape index (κ3) is 3.67. The lowest BCUT2D eigenvalue weighted by molar-refractivity contribution is -0.142. The molecule has 3 atom stereocenters. The highest BCUT2D eigenvalue weighted by Crippen LogP contribution is 2.23. The lowest BCUT2D eigenvalue weighted by Gasteiger charge is -2.22. The fourth-order valence-corrected chi connectivity index (χ4v) is 2.83. The molecule has 2 aliphatic heterocycles. The van der Waals surface area contributed by atoms with Gasteiger partial charge in [0.05, 0.1) is 18.6 Å². The number of amides is 1. The Bertz CT molecular complexity index is 342. The number of carboxylic acids is 1. The van der Waals surface area contributed by atoms with Gasteiger partial charge in [0.2, 0.25) is 5.91 Å². The van der Waals surface area contributed by atoms with Gasteiger partial charge in [-0.3, -0.25) is 14.5 Å². The molecule has 2 heterocycles. The van der Waals surface area contributed by atoms with E-state index in [1.54, 1.807) is 0 Å². The average Bonchev–Trinajstić information content (AvgIpc) is 2.98. The quantitative estimate of drug-likeness (QED) is 0.739. The van der Waals surface area contributed by atoms with E-state index in [1.807, 2.05) is 11.8 Å². The van der Waals surface area contributed by atoms with E-state index < -0.39 is 5.97 Å². The van der Waals surface area contributed by atoms with E-state index in [0.717, 1.165) is 19.4 Å². The van der Waals surface area contributed by atoms with E-state index in [4.69, 9.17) is 9.84 Å². The standard InChI is InChI=1S/C13H22N2O4/c1-9-11(13(17)18)4-5-15(9)8-12(16)14-7-10-3-2-6-19-10/h9-11H,2-8H2,1H3,(H,14,16)(H,17,18). The number of carbonyl (C=O) groups is 2. The Hall–Kier alpha value is -1.14. The third-order valence-corrected chi connectivity index (χ3v) is 4.10. The molecule has 6 heteroatoms. The molecule has 108 valence electrons. The predicted molar refractivity (Wildman–Crippen MR) is 68.8 cm³/mol. The van der Waals surface area contributed by atoms with Crippen molar-refractivity contribution in [1.82, 2.24) is 10.2 Å². The van der Waals surface area contributed by atoms with Crippen molar-refractivity contribution >= 4 is 11.9 Å². The van der Waals surface area contributed by atoms with Crippen molar-refractivity contribution < 1.29 is 19.4 Å². The van der Waals surface area contributed by atoms with Crippen molar-refractivity contribution in [2.45, 2.75) is 38.3 Å². The smallest absolute Gasteiger partial charge is 0.308 e. The van der Waals surface area contributed by atoms with Crippen LogP contribution in [0.3, 0.4) is 0 Å². The highest BCUT2D eigenvalue weighted by molar-refractivity contribution is 5.78. The maximum absolute atomic E-state index is 11.8. The monoisotopic (exact) mass is 270 g/mol. The van der Waals surface area contributed by atoms with Crippen molar-refractivity contribution in [2.24, 2.45) is 5.92 Å². The van der Waals surface area contributed by atoms with Crippen molar-refractivity contribution in [2.75, 3.05) is 26.2 Å². The van der Waals surface area contributed by atoms with E-state index in [1.165, 1.54) is 0 Å². The number of carbonyl (C=O) groups excluding carboxylic acids is 1. The third-order valence-electron chi connectivity index (χ3n) is 4.10. The SMILES string of the molecule is CC1C(C(=O)O)CCN1CC(=O)NCC1CCCO1. The molecule has 1 amide bonds. The van der Waals surface area contributed by atoms with Crippen molar-refractivity contribution in [3.05, 3.63) is 0 Å². The number of hydrogen-bond donors (Lipinski definition) is 2. The summed E-state index contributed by atoms with van der Waals surface area (Å²) >= 11 is 0. The molecule has 19 heavy (non-hydrogen) atoms. The van der Waals surface area contributed by atoms with Crippen LogP contribution < -0.4 is 5.32 Å². The van der Waals surface area contributed by atoms with Crippen LogP contribution in [0.15, 0.2) is 0 Å². The lowest BCUT2D eigenvalue weighted by atomic mass is 10.0. The zero-order valence-corrected chi connectivity index (χ0v) is 11.3. The minimum atomic E-state index is -0.769. The van der Waals surface area contributed by atoms with Gasteiger partial charge in [-0.05, 0) is 32.7 Å². The number of ether oxygens (including phenoxy) is 1. The fraction of sp³-hybridized carbons (Fsp3) is 0.846. The maximum atomic E-state index is 11.8. The Morgan fingerprint density at radius 1 is 1.42 bits per heavy atom. The molecule has 2 aliphatic rings.